The maximum Gasteiger partial charge on any atom is 0.414 e. The van der Waals surface area contributed by atoms with Gasteiger partial charge in [-0.25, -0.2) is 9.18 Å². The molecule has 0 saturated carbocycles. The SMILES string of the molecule is Cc1cccc(N(Cc2ccc(F)cc2)C(=O)O[C@H]2CN3CCC2CC3)c1. The molecule has 3 aliphatic heterocycles. The second-order valence-electron chi connectivity index (χ2n) is 7.61. The summed E-state index contributed by atoms with van der Waals surface area (Å²) >= 11 is 0. The molecule has 3 saturated heterocycles. The molecule has 142 valence electrons. The molecule has 5 rings (SSSR count). The number of piperidine rings is 3. The van der Waals surface area contributed by atoms with Crippen molar-refractivity contribution in [1.82, 2.24) is 4.90 Å². The molecule has 3 aliphatic rings. The number of anilines is 1. The minimum Gasteiger partial charge on any atom is -0.444 e. The van der Waals surface area contributed by atoms with E-state index < -0.39 is 0 Å². The van der Waals surface area contributed by atoms with E-state index in [4.69, 9.17) is 4.74 Å². The van der Waals surface area contributed by atoms with Gasteiger partial charge in [0.2, 0.25) is 0 Å². The third-order valence-corrected chi connectivity index (χ3v) is 5.64. The van der Waals surface area contributed by atoms with Crippen LogP contribution in [-0.4, -0.2) is 36.7 Å². The lowest BCUT2D eigenvalue weighted by Gasteiger charge is -2.44. The van der Waals surface area contributed by atoms with Crippen molar-refractivity contribution < 1.29 is 13.9 Å². The van der Waals surface area contributed by atoms with Crippen LogP contribution in [0.3, 0.4) is 0 Å². The zero-order chi connectivity index (χ0) is 18.8. The van der Waals surface area contributed by atoms with E-state index in [-0.39, 0.29) is 18.0 Å². The highest BCUT2D eigenvalue weighted by Crippen LogP contribution is 2.30. The Bertz CT molecular complexity index is 800. The highest BCUT2D eigenvalue weighted by molar-refractivity contribution is 5.87. The zero-order valence-electron chi connectivity index (χ0n) is 15.6. The molecule has 0 N–H and O–H groups in total. The Morgan fingerprint density at radius 2 is 1.93 bits per heavy atom. The Labute approximate surface area is 159 Å². The number of benzene rings is 2. The van der Waals surface area contributed by atoms with Gasteiger partial charge in [-0.3, -0.25) is 9.80 Å². The summed E-state index contributed by atoms with van der Waals surface area (Å²) in [5, 5.41) is 0. The van der Waals surface area contributed by atoms with Crippen LogP contribution in [0.15, 0.2) is 48.5 Å². The summed E-state index contributed by atoms with van der Waals surface area (Å²) in [6.07, 6.45) is 1.82. The summed E-state index contributed by atoms with van der Waals surface area (Å²) in [6, 6.07) is 14.1. The van der Waals surface area contributed by atoms with Crippen LogP contribution >= 0.6 is 0 Å². The predicted molar refractivity (Wildman–Crippen MR) is 103 cm³/mol. The lowest BCUT2D eigenvalue weighted by molar-refractivity contribution is -0.0311. The Kier molecular flexibility index (Phi) is 5.12. The van der Waals surface area contributed by atoms with Gasteiger partial charge in [-0.1, -0.05) is 24.3 Å². The summed E-state index contributed by atoms with van der Waals surface area (Å²) in [7, 11) is 0. The first-order chi connectivity index (χ1) is 13.1. The number of nitrogens with zero attached hydrogens (tertiary/aromatic N) is 2. The minimum absolute atomic E-state index is 0.0412. The molecule has 0 aromatic heterocycles. The first-order valence-corrected chi connectivity index (χ1v) is 9.60. The van der Waals surface area contributed by atoms with Gasteiger partial charge in [0.1, 0.15) is 11.9 Å². The maximum absolute atomic E-state index is 13.2. The molecular weight excluding hydrogens is 343 g/mol. The smallest absolute Gasteiger partial charge is 0.414 e. The zero-order valence-corrected chi connectivity index (χ0v) is 15.6. The number of rotatable bonds is 4. The van der Waals surface area contributed by atoms with Gasteiger partial charge in [0, 0.05) is 12.2 Å². The highest BCUT2D eigenvalue weighted by atomic mass is 19.1. The molecule has 27 heavy (non-hydrogen) atoms. The topological polar surface area (TPSA) is 32.8 Å². The molecule has 2 aromatic rings. The van der Waals surface area contributed by atoms with Crippen LogP contribution in [0.5, 0.6) is 0 Å². The number of carbonyl (C=O) groups excluding carboxylic acids is 1. The quantitative estimate of drug-likeness (QED) is 0.803. The van der Waals surface area contributed by atoms with E-state index in [1.807, 2.05) is 31.2 Å². The average molecular weight is 368 g/mol. The van der Waals surface area contributed by atoms with Crippen molar-refractivity contribution in [3.8, 4) is 0 Å². The minimum atomic E-state index is -0.330. The number of fused-ring (bicyclic) bond motifs is 3. The number of aryl methyl sites for hydroxylation is 1. The number of halogens is 1. The van der Waals surface area contributed by atoms with Crippen LogP contribution < -0.4 is 4.90 Å². The van der Waals surface area contributed by atoms with Crippen molar-refractivity contribution in [3.63, 3.8) is 0 Å². The van der Waals surface area contributed by atoms with Gasteiger partial charge < -0.3 is 4.74 Å². The Balaban J connectivity index is 1.55. The molecule has 0 radical (unpaired) electrons. The lowest BCUT2D eigenvalue weighted by atomic mass is 9.86. The van der Waals surface area contributed by atoms with Gasteiger partial charge in [-0.05, 0) is 74.2 Å². The number of hydrogen-bond donors (Lipinski definition) is 0. The highest BCUT2D eigenvalue weighted by Gasteiger charge is 2.37. The van der Waals surface area contributed by atoms with Crippen LogP contribution in [0, 0.1) is 18.7 Å². The monoisotopic (exact) mass is 368 g/mol. The van der Waals surface area contributed by atoms with Crippen molar-refractivity contribution in [2.75, 3.05) is 24.5 Å². The number of hydrogen-bond acceptors (Lipinski definition) is 3. The first-order valence-electron chi connectivity index (χ1n) is 9.60. The summed E-state index contributed by atoms with van der Waals surface area (Å²) in [6.45, 7) is 5.39. The molecule has 2 aromatic carbocycles. The molecule has 1 atom stereocenters. The molecule has 0 spiro atoms. The van der Waals surface area contributed by atoms with Gasteiger partial charge in [0.05, 0.1) is 6.54 Å². The Morgan fingerprint density at radius 1 is 1.19 bits per heavy atom. The standard InChI is InChI=1S/C22H25FN2O2/c1-16-3-2-4-20(13-16)25(14-17-5-7-19(23)8-6-17)22(26)27-21-15-24-11-9-18(21)10-12-24/h2-8,13,18,21H,9-12,14-15H2,1H3/t21-/m0/s1. The summed E-state index contributed by atoms with van der Waals surface area (Å²) in [5.41, 5.74) is 2.74. The number of ether oxygens (including phenoxy) is 1. The van der Waals surface area contributed by atoms with E-state index in [0.717, 1.165) is 49.3 Å². The lowest BCUT2D eigenvalue weighted by Crippen LogP contribution is -2.53. The average Bonchev–Trinajstić information content (AvgIpc) is 2.68. The Hall–Kier alpha value is -2.40. The first kappa shape index (κ1) is 18.0. The third kappa shape index (κ3) is 4.14. The molecular formula is C22H25FN2O2. The van der Waals surface area contributed by atoms with Crippen molar-refractivity contribution in [3.05, 3.63) is 65.5 Å². The van der Waals surface area contributed by atoms with Crippen molar-refractivity contribution >= 4 is 11.8 Å². The van der Waals surface area contributed by atoms with E-state index in [1.54, 1.807) is 17.0 Å². The number of amides is 1. The second kappa shape index (κ2) is 7.69. The van der Waals surface area contributed by atoms with Crippen molar-refractivity contribution in [2.24, 2.45) is 5.92 Å². The summed E-state index contributed by atoms with van der Waals surface area (Å²) in [4.78, 5) is 17.1. The van der Waals surface area contributed by atoms with Gasteiger partial charge in [-0.2, -0.15) is 0 Å². The van der Waals surface area contributed by atoms with Gasteiger partial charge in [-0.15, -0.1) is 0 Å². The van der Waals surface area contributed by atoms with E-state index >= 15 is 0 Å². The van der Waals surface area contributed by atoms with Crippen LogP contribution in [0.4, 0.5) is 14.9 Å². The largest absolute Gasteiger partial charge is 0.444 e. The van der Waals surface area contributed by atoms with Crippen LogP contribution in [0.1, 0.15) is 24.0 Å². The van der Waals surface area contributed by atoms with Crippen LogP contribution in [0.25, 0.3) is 0 Å². The fraction of sp³-hybridized carbons (Fsp3) is 0.409. The molecule has 0 unspecified atom stereocenters. The molecule has 5 heteroatoms. The molecule has 4 nitrogen and oxygen atoms in total. The van der Waals surface area contributed by atoms with Gasteiger partial charge in [0.25, 0.3) is 0 Å². The third-order valence-electron chi connectivity index (χ3n) is 5.64. The molecule has 2 bridgehead atoms. The second-order valence-corrected chi connectivity index (χ2v) is 7.61. The van der Waals surface area contributed by atoms with Crippen molar-refractivity contribution in [2.45, 2.75) is 32.4 Å². The molecule has 1 amide bonds. The van der Waals surface area contributed by atoms with E-state index in [1.165, 1.54) is 12.1 Å². The summed E-state index contributed by atoms with van der Waals surface area (Å²) < 4.78 is 19.2. The van der Waals surface area contributed by atoms with Gasteiger partial charge >= 0.3 is 6.09 Å². The molecule has 3 fully saturated rings. The fourth-order valence-corrected chi connectivity index (χ4v) is 4.07. The van der Waals surface area contributed by atoms with E-state index in [2.05, 4.69) is 4.90 Å². The predicted octanol–water partition coefficient (Wildman–Crippen LogP) is 4.37. The van der Waals surface area contributed by atoms with E-state index in [0.29, 0.717) is 12.5 Å². The van der Waals surface area contributed by atoms with Crippen LogP contribution in [-0.2, 0) is 11.3 Å². The van der Waals surface area contributed by atoms with Crippen molar-refractivity contribution in [1.29, 1.82) is 0 Å². The fourth-order valence-electron chi connectivity index (χ4n) is 4.07. The summed E-state index contributed by atoms with van der Waals surface area (Å²) in [5.74, 6) is 0.180. The molecule has 3 heterocycles. The normalized spacial score (nSPS) is 23.9. The Morgan fingerprint density at radius 3 is 2.56 bits per heavy atom. The van der Waals surface area contributed by atoms with Crippen LogP contribution in [0.2, 0.25) is 0 Å². The van der Waals surface area contributed by atoms with Gasteiger partial charge in [0.15, 0.2) is 0 Å². The van der Waals surface area contributed by atoms with E-state index in [9.17, 15) is 9.18 Å². The molecule has 0 aliphatic carbocycles. The maximum atomic E-state index is 13.2. The number of carbonyl (C=O) groups is 1.